The van der Waals surface area contributed by atoms with Gasteiger partial charge in [-0.15, -0.1) is 0 Å². The van der Waals surface area contributed by atoms with E-state index in [0.29, 0.717) is 27.9 Å². The molecule has 2 N–H and O–H groups in total. The summed E-state index contributed by atoms with van der Waals surface area (Å²) in [6.07, 6.45) is 2.20. The molecule has 162 valence electrons. The smallest absolute Gasteiger partial charge is 0.420 e. The Morgan fingerprint density at radius 1 is 1.13 bits per heavy atom. The molecule has 0 spiro atoms. The van der Waals surface area contributed by atoms with Crippen LogP contribution in [0.15, 0.2) is 30.7 Å². The van der Waals surface area contributed by atoms with Gasteiger partial charge in [0.2, 0.25) is 0 Å². The van der Waals surface area contributed by atoms with Crippen molar-refractivity contribution >= 4 is 34.9 Å². The minimum atomic E-state index is -0.664. The summed E-state index contributed by atoms with van der Waals surface area (Å²) in [4.78, 5) is 43.2. The van der Waals surface area contributed by atoms with Gasteiger partial charge in [0.15, 0.2) is 5.82 Å². The van der Waals surface area contributed by atoms with Crippen LogP contribution < -0.4 is 15.5 Å². The van der Waals surface area contributed by atoms with Crippen LogP contribution >= 0.6 is 0 Å². The van der Waals surface area contributed by atoms with Gasteiger partial charge < -0.3 is 15.4 Å². The molecule has 10 nitrogen and oxygen atoms in total. The third kappa shape index (κ3) is 3.91. The largest absolute Gasteiger partial charge is 0.449 e. The Morgan fingerprint density at radius 2 is 1.84 bits per heavy atom. The Labute approximate surface area is 179 Å². The number of ether oxygens (including phenoxy) is 1. The van der Waals surface area contributed by atoms with Gasteiger partial charge in [0.1, 0.15) is 11.8 Å². The standard InChI is InChI=1S/C21H24N6O4/c1-6-31-21(30)27(16-9-14(19(28)22-4)8-7-12(16)2)18-17-13(3)15(20(29)23-5)10-26(17)25-11-24-18/h7-11H,6H2,1-5H3,(H,22,28)(H,23,29). The van der Waals surface area contributed by atoms with Crippen LogP contribution in [0.2, 0.25) is 0 Å². The third-order valence-electron chi connectivity index (χ3n) is 4.88. The molecule has 0 saturated heterocycles. The molecule has 2 heterocycles. The van der Waals surface area contributed by atoms with E-state index in [1.807, 2.05) is 6.92 Å². The lowest BCUT2D eigenvalue weighted by atomic mass is 10.1. The van der Waals surface area contributed by atoms with Crippen LogP contribution in [0.5, 0.6) is 0 Å². The highest BCUT2D eigenvalue weighted by molar-refractivity contribution is 6.04. The zero-order chi connectivity index (χ0) is 22.7. The summed E-state index contributed by atoms with van der Waals surface area (Å²) in [6.45, 7) is 5.42. The Bertz CT molecular complexity index is 1170. The number of hydrogen-bond acceptors (Lipinski definition) is 6. The Balaban J connectivity index is 2.30. The third-order valence-corrected chi connectivity index (χ3v) is 4.88. The number of nitrogens with zero attached hydrogens (tertiary/aromatic N) is 4. The van der Waals surface area contributed by atoms with Crippen molar-refractivity contribution in [2.75, 3.05) is 25.6 Å². The monoisotopic (exact) mass is 424 g/mol. The van der Waals surface area contributed by atoms with Gasteiger partial charge in [0.25, 0.3) is 11.8 Å². The van der Waals surface area contributed by atoms with E-state index < -0.39 is 6.09 Å². The maximum atomic E-state index is 13.1. The summed E-state index contributed by atoms with van der Waals surface area (Å²) in [5, 5.41) is 9.35. The van der Waals surface area contributed by atoms with Crippen LogP contribution in [0.4, 0.5) is 16.3 Å². The number of anilines is 2. The molecule has 3 aromatic rings. The van der Waals surface area contributed by atoms with Crippen molar-refractivity contribution in [2.45, 2.75) is 20.8 Å². The lowest BCUT2D eigenvalue weighted by Gasteiger charge is -2.24. The predicted molar refractivity (Wildman–Crippen MR) is 115 cm³/mol. The van der Waals surface area contributed by atoms with Crippen LogP contribution in [0, 0.1) is 13.8 Å². The molecule has 0 aliphatic rings. The second kappa shape index (κ2) is 8.82. The number of nitrogens with one attached hydrogen (secondary N) is 2. The van der Waals surface area contributed by atoms with Crippen LogP contribution in [-0.2, 0) is 4.74 Å². The summed E-state index contributed by atoms with van der Waals surface area (Å²) in [6, 6.07) is 5.01. The van der Waals surface area contributed by atoms with Crippen LogP contribution in [0.3, 0.4) is 0 Å². The van der Waals surface area contributed by atoms with Gasteiger partial charge in [-0.2, -0.15) is 5.10 Å². The summed E-state index contributed by atoms with van der Waals surface area (Å²) >= 11 is 0. The van der Waals surface area contributed by atoms with E-state index in [9.17, 15) is 14.4 Å². The van der Waals surface area contributed by atoms with E-state index in [4.69, 9.17) is 4.74 Å². The minimum Gasteiger partial charge on any atom is -0.449 e. The normalized spacial score (nSPS) is 10.6. The Hall–Kier alpha value is -3.95. The van der Waals surface area contributed by atoms with E-state index in [0.717, 1.165) is 5.56 Å². The Morgan fingerprint density at radius 3 is 2.48 bits per heavy atom. The Kier molecular flexibility index (Phi) is 6.19. The number of amides is 3. The molecule has 2 aromatic heterocycles. The molecule has 3 amide bonds. The maximum absolute atomic E-state index is 13.1. The van der Waals surface area contributed by atoms with E-state index in [-0.39, 0.29) is 24.2 Å². The molecule has 0 aliphatic carbocycles. The van der Waals surface area contributed by atoms with Crippen molar-refractivity contribution in [1.82, 2.24) is 25.2 Å². The van der Waals surface area contributed by atoms with Crippen molar-refractivity contribution in [3.63, 3.8) is 0 Å². The molecule has 0 unspecified atom stereocenters. The lowest BCUT2D eigenvalue weighted by Crippen LogP contribution is -2.29. The molecule has 0 aliphatic heterocycles. The maximum Gasteiger partial charge on any atom is 0.420 e. The van der Waals surface area contributed by atoms with Crippen molar-refractivity contribution in [3.05, 3.63) is 53.0 Å². The molecule has 31 heavy (non-hydrogen) atoms. The second-order valence-electron chi connectivity index (χ2n) is 6.74. The molecular weight excluding hydrogens is 400 g/mol. The SMILES string of the molecule is CCOC(=O)N(c1cc(C(=O)NC)ccc1C)c1ncnn2cc(C(=O)NC)c(C)c12. The van der Waals surface area contributed by atoms with Crippen molar-refractivity contribution in [2.24, 2.45) is 0 Å². The number of fused-ring (bicyclic) bond motifs is 1. The highest BCUT2D eigenvalue weighted by Gasteiger charge is 2.28. The highest BCUT2D eigenvalue weighted by Crippen LogP contribution is 2.34. The van der Waals surface area contributed by atoms with Gasteiger partial charge in [0, 0.05) is 25.9 Å². The fourth-order valence-corrected chi connectivity index (χ4v) is 3.29. The van der Waals surface area contributed by atoms with Gasteiger partial charge in [-0.1, -0.05) is 6.07 Å². The summed E-state index contributed by atoms with van der Waals surface area (Å²) in [7, 11) is 3.07. The number of carbonyl (C=O) groups is 3. The van der Waals surface area contributed by atoms with E-state index in [1.165, 1.54) is 29.8 Å². The van der Waals surface area contributed by atoms with Crippen molar-refractivity contribution in [3.8, 4) is 0 Å². The molecule has 0 atom stereocenters. The zero-order valence-electron chi connectivity index (χ0n) is 18.0. The first kappa shape index (κ1) is 21.8. The first-order valence-electron chi connectivity index (χ1n) is 9.68. The molecule has 10 heteroatoms. The summed E-state index contributed by atoms with van der Waals surface area (Å²) < 4.78 is 6.79. The topological polar surface area (TPSA) is 118 Å². The molecule has 0 radical (unpaired) electrons. The predicted octanol–water partition coefficient (Wildman–Crippen LogP) is 2.36. The fraction of sp³-hybridized carbons (Fsp3) is 0.286. The average molecular weight is 424 g/mol. The van der Waals surface area contributed by atoms with E-state index in [1.54, 1.807) is 38.2 Å². The van der Waals surface area contributed by atoms with Gasteiger partial charge in [-0.05, 0) is 44.0 Å². The number of hydrogen-bond donors (Lipinski definition) is 2. The van der Waals surface area contributed by atoms with Gasteiger partial charge in [0.05, 0.1) is 17.9 Å². The van der Waals surface area contributed by atoms with Gasteiger partial charge in [-0.25, -0.2) is 19.2 Å². The number of aromatic nitrogens is 3. The first-order valence-corrected chi connectivity index (χ1v) is 9.68. The van der Waals surface area contributed by atoms with Crippen molar-refractivity contribution < 1.29 is 19.1 Å². The van der Waals surface area contributed by atoms with Crippen LogP contribution in [0.1, 0.15) is 38.8 Å². The summed E-state index contributed by atoms with van der Waals surface area (Å²) in [5.74, 6) is -0.341. The van der Waals surface area contributed by atoms with Crippen molar-refractivity contribution in [1.29, 1.82) is 0 Å². The quantitative estimate of drug-likeness (QED) is 0.649. The molecule has 3 rings (SSSR count). The molecule has 0 bridgehead atoms. The number of benzene rings is 1. The molecular formula is C21H24N6O4. The van der Waals surface area contributed by atoms with E-state index >= 15 is 0 Å². The van der Waals surface area contributed by atoms with Gasteiger partial charge >= 0.3 is 6.09 Å². The van der Waals surface area contributed by atoms with E-state index in [2.05, 4.69) is 20.7 Å². The van der Waals surface area contributed by atoms with Crippen LogP contribution in [0.25, 0.3) is 5.52 Å². The number of rotatable bonds is 5. The molecule has 1 aromatic carbocycles. The average Bonchev–Trinajstić information content (AvgIpc) is 3.11. The molecule has 0 fully saturated rings. The lowest BCUT2D eigenvalue weighted by molar-refractivity contribution is 0.0954. The van der Waals surface area contributed by atoms with Crippen LogP contribution in [-0.4, -0.2) is 53.2 Å². The summed E-state index contributed by atoms with van der Waals surface area (Å²) in [5.41, 5.74) is 3.02. The first-order chi connectivity index (χ1) is 14.8. The molecule has 0 saturated carbocycles. The number of carbonyl (C=O) groups excluding carboxylic acids is 3. The fourth-order valence-electron chi connectivity index (χ4n) is 3.29. The zero-order valence-corrected chi connectivity index (χ0v) is 18.0. The minimum absolute atomic E-state index is 0.147. The highest BCUT2D eigenvalue weighted by atomic mass is 16.6. The second-order valence-corrected chi connectivity index (χ2v) is 6.74. The van der Waals surface area contributed by atoms with Gasteiger partial charge in [-0.3, -0.25) is 9.59 Å². The number of aryl methyl sites for hydroxylation is 2.